The van der Waals surface area contributed by atoms with Gasteiger partial charge in [0.15, 0.2) is 0 Å². The van der Waals surface area contributed by atoms with Crippen molar-refractivity contribution in [2.75, 3.05) is 19.5 Å². The molecule has 130 valence electrons. The summed E-state index contributed by atoms with van der Waals surface area (Å²) in [5, 5.41) is 4.73. The maximum absolute atomic E-state index is 12.0. The van der Waals surface area contributed by atoms with Crippen molar-refractivity contribution < 1.29 is 9.53 Å². The summed E-state index contributed by atoms with van der Waals surface area (Å²) in [4.78, 5) is 22.8. The van der Waals surface area contributed by atoms with E-state index in [0.29, 0.717) is 12.4 Å². The molecule has 1 amide bonds. The van der Waals surface area contributed by atoms with Crippen molar-refractivity contribution in [1.82, 2.24) is 15.3 Å². The molecule has 0 saturated carbocycles. The van der Waals surface area contributed by atoms with Crippen LogP contribution in [0.15, 0.2) is 47.8 Å². The Kier molecular flexibility index (Phi) is 6.01. The Balaban J connectivity index is 1.74. The zero-order chi connectivity index (χ0) is 17.6. The van der Waals surface area contributed by atoms with Gasteiger partial charge in [-0.15, -0.1) is 11.3 Å². The van der Waals surface area contributed by atoms with Gasteiger partial charge in [-0.25, -0.2) is 9.97 Å². The van der Waals surface area contributed by atoms with E-state index in [-0.39, 0.29) is 11.9 Å². The number of hydrogen-bond acceptors (Lipinski definition) is 6. The van der Waals surface area contributed by atoms with Crippen molar-refractivity contribution in [2.24, 2.45) is 0 Å². The maximum Gasteiger partial charge on any atom is 0.230 e. The average molecular weight is 374 g/mol. The molecule has 0 aliphatic rings. The van der Waals surface area contributed by atoms with Gasteiger partial charge in [-0.05, 0) is 18.6 Å². The average Bonchev–Trinajstić information content (AvgIpc) is 3.05. The molecule has 0 unspecified atom stereocenters. The molecule has 3 rings (SSSR count). The predicted octanol–water partition coefficient (Wildman–Crippen LogP) is 3.60. The molecule has 7 heteroatoms. The molecule has 0 fully saturated rings. The second-order valence-electron chi connectivity index (χ2n) is 5.59. The van der Waals surface area contributed by atoms with Crippen molar-refractivity contribution in [3.8, 4) is 10.4 Å². The van der Waals surface area contributed by atoms with E-state index >= 15 is 0 Å². The highest BCUT2D eigenvalue weighted by Gasteiger charge is 2.13. The minimum Gasteiger partial charge on any atom is -0.383 e. The number of amides is 1. The fourth-order valence-corrected chi connectivity index (χ4v) is 4.29. The van der Waals surface area contributed by atoms with Crippen molar-refractivity contribution in [2.45, 2.75) is 18.0 Å². The third-order valence-electron chi connectivity index (χ3n) is 3.52. The summed E-state index contributed by atoms with van der Waals surface area (Å²) in [6.45, 7) is 2.42. The molecule has 1 atom stereocenters. The van der Waals surface area contributed by atoms with Crippen LogP contribution in [0, 0.1) is 0 Å². The van der Waals surface area contributed by atoms with Gasteiger partial charge >= 0.3 is 0 Å². The summed E-state index contributed by atoms with van der Waals surface area (Å²) in [7, 11) is 1.62. The molecule has 1 N–H and O–H groups in total. The van der Waals surface area contributed by atoms with Gasteiger partial charge in [-0.3, -0.25) is 4.79 Å². The number of ether oxygens (including phenoxy) is 1. The lowest BCUT2D eigenvalue weighted by Crippen LogP contribution is -2.36. The zero-order valence-electron chi connectivity index (χ0n) is 14.1. The minimum atomic E-state index is -0.0279. The molecule has 2 heterocycles. The Morgan fingerprint density at radius 3 is 2.88 bits per heavy atom. The highest BCUT2D eigenvalue weighted by Crippen LogP contribution is 2.35. The Labute approximate surface area is 154 Å². The number of nitrogens with one attached hydrogen (secondary N) is 1. The van der Waals surface area contributed by atoms with Crippen molar-refractivity contribution in [1.29, 1.82) is 0 Å². The van der Waals surface area contributed by atoms with Crippen LogP contribution < -0.4 is 5.32 Å². The normalized spacial score (nSPS) is 12.2. The highest BCUT2D eigenvalue weighted by molar-refractivity contribution is 8.00. The van der Waals surface area contributed by atoms with E-state index in [1.165, 1.54) is 11.8 Å². The van der Waals surface area contributed by atoms with Gasteiger partial charge in [0.2, 0.25) is 5.91 Å². The number of aromatic nitrogens is 2. The molecular weight excluding hydrogens is 354 g/mol. The van der Waals surface area contributed by atoms with Crippen LogP contribution in [0.5, 0.6) is 0 Å². The molecule has 3 aromatic rings. The molecule has 0 aliphatic carbocycles. The SMILES string of the molecule is COC[C@@H](C)NC(=O)CSc1ncnc2sc(-c3ccccc3)cc12. The Bertz CT molecular complexity index is 852. The Hall–Kier alpha value is -1.96. The van der Waals surface area contributed by atoms with E-state index in [4.69, 9.17) is 4.74 Å². The quantitative estimate of drug-likeness (QED) is 0.506. The number of thioether (sulfide) groups is 1. The predicted molar refractivity (Wildman–Crippen MR) is 103 cm³/mol. The first-order chi connectivity index (χ1) is 12.2. The number of benzene rings is 1. The first kappa shape index (κ1) is 17.8. The lowest BCUT2D eigenvalue weighted by molar-refractivity contribution is -0.119. The topological polar surface area (TPSA) is 64.1 Å². The summed E-state index contributed by atoms with van der Waals surface area (Å²) in [5.41, 5.74) is 1.16. The second kappa shape index (κ2) is 8.42. The fraction of sp³-hybridized carbons (Fsp3) is 0.278. The molecule has 2 aromatic heterocycles. The lowest BCUT2D eigenvalue weighted by atomic mass is 10.2. The van der Waals surface area contributed by atoms with Crippen LogP contribution >= 0.6 is 23.1 Å². The first-order valence-corrected chi connectivity index (χ1v) is 9.68. The number of methoxy groups -OCH3 is 1. The van der Waals surface area contributed by atoms with Crippen LogP contribution in [-0.2, 0) is 9.53 Å². The van der Waals surface area contributed by atoms with E-state index in [9.17, 15) is 4.79 Å². The minimum absolute atomic E-state index is 0.00523. The van der Waals surface area contributed by atoms with Crippen molar-refractivity contribution in [3.63, 3.8) is 0 Å². The number of rotatable bonds is 7. The van der Waals surface area contributed by atoms with Gasteiger partial charge in [0.05, 0.1) is 12.4 Å². The summed E-state index contributed by atoms with van der Waals surface area (Å²) in [5.74, 6) is 0.288. The van der Waals surface area contributed by atoms with Gasteiger partial charge in [-0.1, -0.05) is 42.1 Å². The Morgan fingerprint density at radius 2 is 2.12 bits per heavy atom. The van der Waals surface area contributed by atoms with Crippen molar-refractivity contribution in [3.05, 3.63) is 42.7 Å². The lowest BCUT2D eigenvalue weighted by Gasteiger charge is -2.12. The largest absolute Gasteiger partial charge is 0.383 e. The van der Waals surface area contributed by atoms with Crippen LogP contribution in [0.2, 0.25) is 0 Å². The summed E-state index contributed by atoms with van der Waals surface area (Å²) < 4.78 is 5.03. The molecule has 1 aromatic carbocycles. The van der Waals surface area contributed by atoms with E-state index in [1.807, 2.05) is 25.1 Å². The van der Waals surface area contributed by atoms with Crippen LogP contribution in [0.4, 0.5) is 0 Å². The number of thiophene rings is 1. The van der Waals surface area contributed by atoms with Crippen LogP contribution in [0.3, 0.4) is 0 Å². The molecule has 25 heavy (non-hydrogen) atoms. The third-order valence-corrected chi connectivity index (χ3v) is 5.61. The number of hydrogen-bond donors (Lipinski definition) is 1. The van der Waals surface area contributed by atoms with E-state index in [2.05, 4.69) is 33.5 Å². The van der Waals surface area contributed by atoms with Gasteiger partial charge < -0.3 is 10.1 Å². The van der Waals surface area contributed by atoms with Crippen LogP contribution in [-0.4, -0.2) is 41.4 Å². The first-order valence-electron chi connectivity index (χ1n) is 7.88. The standard InChI is InChI=1S/C18H19N3O2S2/c1-12(9-23-2)21-16(22)10-24-17-14-8-15(13-6-4-3-5-7-13)25-18(14)20-11-19-17/h3-8,11-12H,9-10H2,1-2H3,(H,21,22)/t12-/m1/s1. The molecule has 0 aliphatic heterocycles. The number of nitrogens with zero attached hydrogens (tertiary/aromatic N) is 2. The number of carbonyl (C=O) groups excluding carboxylic acids is 1. The number of carbonyl (C=O) groups is 1. The fourth-order valence-electron chi connectivity index (χ4n) is 2.44. The molecule has 0 saturated heterocycles. The second-order valence-corrected chi connectivity index (χ2v) is 7.58. The highest BCUT2D eigenvalue weighted by atomic mass is 32.2. The molecule has 0 bridgehead atoms. The van der Waals surface area contributed by atoms with Crippen LogP contribution in [0.25, 0.3) is 20.7 Å². The molecule has 0 radical (unpaired) electrons. The Morgan fingerprint density at radius 1 is 1.32 bits per heavy atom. The van der Waals surface area contributed by atoms with Gasteiger partial charge in [-0.2, -0.15) is 0 Å². The van der Waals surface area contributed by atoms with Gasteiger partial charge in [0.1, 0.15) is 16.2 Å². The summed E-state index contributed by atoms with van der Waals surface area (Å²) >= 11 is 3.06. The summed E-state index contributed by atoms with van der Waals surface area (Å²) in [6, 6.07) is 12.3. The molecular formula is C18H19N3O2S2. The zero-order valence-corrected chi connectivity index (χ0v) is 15.7. The van der Waals surface area contributed by atoms with E-state index < -0.39 is 0 Å². The number of fused-ring (bicyclic) bond motifs is 1. The van der Waals surface area contributed by atoms with Crippen LogP contribution in [0.1, 0.15) is 6.92 Å². The van der Waals surface area contributed by atoms with E-state index in [1.54, 1.807) is 24.8 Å². The summed E-state index contributed by atoms with van der Waals surface area (Å²) in [6.07, 6.45) is 1.56. The monoisotopic (exact) mass is 373 g/mol. The van der Waals surface area contributed by atoms with E-state index in [0.717, 1.165) is 25.7 Å². The third kappa shape index (κ3) is 4.56. The molecule has 5 nitrogen and oxygen atoms in total. The van der Waals surface area contributed by atoms with Gasteiger partial charge in [0.25, 0.3) is 0 Å². The van der Waals surface area contributed by atoms with Gasteiger partial charge in [0, 0.05) is 23.4 Å². The maximum atomic E-state index is 12.0. The smallest absolute Gasteiger partial charge is 0.230 e. The molecule has 0 spiro atoms. The van der Waals surface area contributed by atoms with Crippen molar-refractivity contribution >= 4 is 39.2 Å².